The average molecular weight is 346 g/mol. The fraction of sp³-hybridized carbons (Fsp3) is 0.647. The number of carboxylic acids is 1. The van der Waals surface area contributed by atoms with Gasteiger partial charge < -0.3 is 19.5 Å². The van der Waals surface area contributed by atoms with Gasteiger partial charge in [-0.3, -0.25) is 14.4 Å². The molecule has 1 aliphatic carbocycles. The smallest absolute Gasteiger partial charge is 0.314 e. The SMILES string of the molecule is O=C(CCn1ccnc1)N1C[C@H]2C(=O)N(CC3CC3)C[C@@]2(C(=O)O)C1. The van der Waals surface area contributed by atoms with Crippen LogP contribution in [0.1, 0.15) is 19.3 Å². The summed E-state index contributed by atoms with van der Waals surface area (Å²) in [6, 6.07) is 0. The minimum absolute atomic E-state index is 0.0980. The van der Waals surface area contributed by atoms with Crippen LogP contribution in [0.3, 0.4) is 0 Å². The second-order valence-electron chi connectivity index (χ2n) is 7.50. The summed E-state index contributed by atoms with van der Waals surface area (Å²) in [5.74, 6) is -1.25. The first-order valence-electron chi connectivity index (χ1n) is 8.75. The van der Waals surface area contributed by atoms with Crippen LogP contribution in [0.5, 0.6) is 0 Å². The summed E-state index contributed by atoms with van der Waals surface area (Å²) in [7, 11) is 0. The molecule has 0 aromatic carbocycles. The number of hydrogen-bond donors (Lipinski definition) is 1. The van der Waals surface area contributed by atoms with E-state index in [1.54, 1.807) is 28.5 Å². The first-order chi connectivity index (χ1) is 12.0. The van der Waals surface area contributed by atoms with E-state index in [-0.39, 0.29) is 37.9 Å². The molecule has 2 saturated heterocycles. The number of carbonyl (C=O) groups excluding carboxylic acids is 2. The Morgan fingerprint density at radius 2 is 2.12 bits per heavy atom. The first-order valence-corrected chi connectivity index (χ1v) is 8.75. The topological polar surface area (TPSA) is 95.7 Å². The van der Waals surface area contributed by atoms with Crippen molar-refractivity contribution in [1.29, 1.82) is 0 Å². The summed E-state index contributed by atoms with van der Waals surface area (Å²) >= 11 is 0. The molecule has 3 fully saturated rings. The minimum Gasteiger partial charge on any atom is -0.481 e. The zero-order valence-electron chi connectivity index (χ0n) is 14.0. The Morgan fingerprint density at radius 1 is 1.32 bits per heavy atom. The van der Waals surface area contributed by atoms with Gasteiger partial charge in [0.15, 0.2) is 0 Å². The first kappa shape index (κ1) is 16.1. The van der Waals surface area contributed by atoms with Crippen molar-refractivity contribution in [2.45, 2.75) is 25.8 Å². The van der Waals surface area contributed by atoms with Crippen molar-refractivity contribution in [2.75, 3.05) is 26.2 Å². The van der Waals surface area contributed by atoms with Crippen molar-refractivity contribution in [1.82, 2.24) is 19.4 Å². The van der Waals surface area contributed by atoms with E-state index >= 15 is 0 Å². The Labute approximate surface area is 145 Å². The summed E-state index contributed by atoms with van der Waals surface area (Å²) in [6.45, 7) is 1.74. The number of carbonyl (C=O) groups is 3. The zero-order chi connectivity index (χ0) is 17.6. The van der Waals surface area contributed by atoms with Gasteiger partial charge in [0.05, 0.1) is 12.2 Å². The van der Waals surface area contributed by atoms with Crippen molar-refractivity contribution >= 4 is 17.8 Å². The molecule has 1 N–H and O–H groups in total. The van der Waals surface area contributed by atoms with Crippen LogP contribution in [0.25, 0.3) is 0 Å². The van der Waals surface area contributed by atoms with Crippen LogP contribution in [0.4, 0.5) is 0 Å². The van der Waals surface area contributed by atoms with Gasteiger partial charge in [0.1, 0.15) is 5.41 Å². The molecule has 8 nitrogen and oxygen atoms in total. The molecule has 3 heterocycles. The zero-order valence-corrected chi connectivity index (χ0v) is 14.0. The molecule has 0 spiro atoms. The predicted molar refractivity (Wildman–Crippen MR) is 86.3 cm³/mol. The number of likely N-dealkylation sites (tertiary alicyclic amines) is 2. The minimum atomic E-state index is -1.14. The Balaban J connectivity index is 1.44. The molecule has 134 valence electrons. The average Bonchev–Trinajstić information content (AvgIpc) is 3.00. The molecule has 2 aliphatic heterocycles. The molecule has 3 aliphatic rings. The lowest BCUT2D eigenvalue weighted by Gasteiger charge is -2.25. The van der Waals surface area contributed by atoms with Crippen molar-refractivity contribution in [3.8, 4) is 0 Å². The van der Waals surface area contributed by atoms with E-state index in [1.807, 2.05) is 4.57 Å². The van der Waals surface area contributed by atoms with Crippen molar-refractivity contribution in [3.05, 3.63) is 18.7 Å². The molecule has 1 saturated carbocycles. The van der Waals surface area contributed by atoms with E-state index in [2.05, 4.69) is 4.98 Å². The standard InChI is InChI=1S/C17H22N4O4/c22-14(3-5-19-6-4-18-11-19)20-8-13-15(23)21(7-12-1-2-12)10-17(13,9-20)16(24)25/h4,6,11-13H,1-3,5,7-10H2,(H,24,25)/t13-,17-/m0/s1. The fourth-order valence-corrected chi connectivity index (χ4v) is 4.07. The number of imidazole rings is 1. The predicted octanol–water partition coefficient (Wildman–Crippen LogP) is 0.0548. The monoisotopic (exact) mass is 346 g/mol. The Bertz CT molecular complexity index is 700. The van der Waals surface area contributed by atoms with Crippen LogP contribution in [-0.4, -0.2) is 68.4 Å². The largest absolute Gasteiger partial charge is 0.481 e. The third kappa shape index (κ3) is 2.79. The third-order valence-corrected chi connectivity index (χ3v) is 5.72. The van der Waals surface area contributed by atoms with Crippen LogP contribution in [0.15, 0.2) is 18.7 Å². The molecule has 4 rings (SSSR count). The highest BCUT2D eigenvalue weighted by atomic mass is 16.4. The number of carboxylic acid groups (broad SMARTS) is 1. The lowest BCUT2D eigenvalue weighted by molar-refractivity contribution is -0.150. The summed E-state index contributed by atoms with van der Waals surface area (Å²) in [5.41, 5.74) is -1.14. The Kier molecular flexibility index (Phi) is 3.77. The summed E-state index contributed by atoms with van der Waals surface area (Å²) in [4.78, 5) is 44.4. The number of fused-ring (bicyclic) bond motifs is 1. The number of aryl methyl sites for hydroxylation is 1. The molecule has 25 heavy (non-hydrogen) atoms. The highest BCUT2D eigenvalue weighted by Crippen LogP contribution is 2.45. The molecular weight excluding hydrogens is 324 g/mol. The molecule has 1 aromatic heterocycles. The highest BCUT2D eigenvalue weighted by molar-refractivity contribution is 5.94. The quantitative estimate of drug-likeness (QED) is 0.785. The van der Waals surface area contributed by atoms with Gasteiger partial charge >= 0.3 is 5.97 Å². The van der Waals surface area contributed by atoms with E-state index in [0.717, 1.165) is 12.8 Å². The van der Waals surface area contributed by atoms with Crippen molar-refractivity contribution in [3.63, 3.8) is 0 Å². The third-order valence-electron chi connectivity index (χ3n) is 5.72. The summed E-state index contributed by atoms with van der Waals surface area (Å²) < 4.78 is 1.81. The van der Waals surface area contributed by atoms with Crippen LogP contribution in [-0.2, 0) is 20.9 Å². The lowest BCUT2D eigenvalue weighted by Crippen LogP contribution is -2.42. The normalized spacial score (nSPS) is 28.5. The van der Waals surface area contributed by atoms with Gasteiger partial charge in [-0.05, 0) is 18.8 Å². The number of aromatic nitrogens is 2. The van der Waals surface area contributed by atoms with Gasteiger partial charge in [0.25, 0.3) is 0 Å². The van der Waals surface area contributed by atoms with Gasteiger partial charge in [0, 0.05) is 51.5 Å². The Hall–Kier alpha value is -2.38. The van der Waals surface area contributed by atoms with Gasteiger partial charge in [-0.15, -0.1) is 0 Å². The molecule has 2 amide bonds. The van der Waals surface area contributed by atoms with Crippen LogP contribution in [0, 0.1) is 17.3 Å². The molecule has 0 bridgehead atoms. The van der Waals surface area contributed by atoms with E-state index in [0.29, 0.717) is 19.0 Å². The van der Waals surface area contributed by atoms with E-state index in [1.165, 1.54) is 0 Å². The molecule has 1 aromatic rings. The van der Waals surface area contributed by atoms with E-state index < -0.39 is 17.3 Å². The summed E-state index contributed by atoms with van der Waals surface area (Å²) in [5, 5.41) is 9.81. The Morgan fingerprint density at radius 3 is 2.72 bits per heavy atom. The van der Waals surface area contributed by atoms with Gasteiger partial charge in [-0.2, -0.15) is 0 Å². The number of aliphatic carboxylic acids is 1. The van der Waals surface area contributed by atoms with Crippen LogP contribution >= 0.6 is 0 Å². The number of hydrogen-bond acceptors (Lipinski definition) is 4. The van der Waals surface area contributed by atoms with Gasteiger partial charge in [0.2, 0.25) is 11.8 Å². The molecule has 8 heteroatoms. The molecular formula is C17H22N4O4. The molecule has 0 radical (unpaired) electrons. The van der Waals surface area contributed by atoms with E-state index in [4.69, 9.17) is 0 Å². The lowest BCUT2D eigenvalue weighted by atomic mass is 9.81. The molecule has 0 unspecified atom stereocenters. The maximum absolute atomic E-state index is 12.7. The molecule has 2 atom stereocenters. The second-order valence-corrected chi connectivity index (χ2v) is 7.50. The number of nitrogens with zero attached hydrogens (tertiary/aromatic N) is 4. The van der Waals surface area contributed by atoms with Crippen LogP contribution in [0.2, 0.25) is 0 Å². The maximum Gasteiger partial charge on any atom is 0.314 e. The van der Waals surface area contributed by atoms with Crippen molar-refractivity contribution < 1.29 is 19.5 Å². The van der Waals surface area contributed by atoms with Crippen LogP contribution < -0.4 is 0 Å². The highest BCUT2D eigenvalue weighted by Gasteiger charge is 2.62. The van der Waals surface area contributed by atoms with Gasteiger partial charge in [-0.1, -0.05) is 0 Å². The van der Waals surface area contributed by atoms with E-state index in [9.17, 15) is 19.5 Å². The summed E-state index contributed by atoms with van der Waals surface area (Å²) in [6.07, 6.45) is 7.59. The fourth-order valence-electron chi connectivity index (χ4n) is 4.07. The number of rotatable bonds is 6. The second kappa shape index (κ2) is 5.86. The maximum atomic E-state index is 12.7. The van der Waals surface area contributed by atoms with Crippen molar-refractivity contribution in [2.24, 2.45) is 17.3 Å². The number of amides is 2. The van der Waals surface area contributed by atoms with Gasteiger partial charge in [-0.25, -0.2) is 4.98 Å².